The van der Waals surface area contributed by atoms with Crippen molar-refractivity contribution >= 4 is 57.6 Å². The van der Waals surface area contributed by atoms with Crippen molar-refractivity contribution < 1.29 is 4.74 Å². The van der Waals surface area contributed by atoms with Crippen molar-refractivity contribution in [3.63, 3.8) is 0 Å². The number of imidazole rings is 1. The summed E-state index contributed by atoms with van der Waals surface area (Å²) in [6, 6.07) is 5.27. The van der Waals surface area contributed by atoms with Crippen LogP contribution >= 0.6 is 35.0 Å². The minimum Gasteiger partial charge on any atom is -0.358 e. The summed E-state index contributed by atoms with van der Waals surface area (Å²) in [4.78, 5) is 13.7. The van der Waals surface area contributed by atoms with Gasteiger partial charge in [0.15, 0.2) is 22.1 Å². The number of anilines is 2. The van der Waals surface area contributed by atoms with E-state index in [-0.39, 0.29) is 6.23 Å². The molecule has 0 saturated carbocycles. The van der Waals surface area contributed by atoms with Crippen LogP contribution in [-0.2, 0) is 4.74 Å². The number of hydrogen-bond acceptors (Lipinski definition) is 6. The first-order chi connectivity index (χ1) is 12.2. The normalized spacial score (nSPS) is 17.3. The Hall–Kier alpha value is -1.54. The van der Waals surface area contributed by atoms with Crippen LogP contribution in [0.5, 0.6) is 0 Å². The first kappa shape index (κ1) is 16.9. The number of benzene rings is 1. The smallest absolute Gasteiger partial charge is 0.191 e. The van der Waals surface area contributed by atoms with Crippen LogP contribution < -0.4 is 5.32 Å². The molecular formula is C16H15Cl2N5OS. The number of rotatable bonds is 4. The second-order valence-electron chi connectivity index (χ2n) is 5.60. The van der Waals surface area contributed by atoms with E-state index in [0.717, 1.165) is 25.1 Å². The van der Waals surface area contributed by atoms with E-state index in [9.17, 15) is 0 Å². The highest BCUT2D eigenvalue weighted by atomic mass is 35.5. The van der Waals surface area contributed by atoms with Gasteiger partial charge in [0.2, 0.25) is 0 Å². The van der Waals surface area contributed by atoms with Crippen LogP contribution in [0.25, 0.3) is 11.2 Å². The van der Waals surface area contributed by atoms with Crippen LogP contribution in [0.3, 0.4) is 0 Å². The third-order valence-corrected chi connectivity index (χ3v) is 5.08. The van der Waals surface area contributed by atoms with E-state index < -0.39 is 0 Å². The van der Waals surface area contributed by atoms with E-state index in [4.69, 9.17) is 27.9 Å². The molecule has 130 valence electrons. The number of ether oxygens (including phenoxy) is 1. The molecule has 0 aliphatic carbocycles. The van der Waals surface area contributed by atoms with Crippen molar-refractivity contribution in [2.45, 2.75) is 24.2 Å². The number of halogens is 2. The Morgan fingerprint density at radius 2 is 2.20 bits per heavy atom. The van der Waals surface area contributed by atoms with Gasteiger partial charge in [-0.25, -0.2) is 15.0 Å². The van der Waals surface area contributed by atoms with Crippen molar-refractivity contribution in [1.82, 2.24) is 19.5 Å². The molecule has 4 rings (SSSR count). The Labute approximate surface area is 158 Å². The standard InChI is InChI=1S/C16H15Cl2N5OS/c1-25-16-21-14(20-11-5-4-9(17)7-10(11)18)13-15(22-16)23(8-19-13)12-3-2-6-24-12/h4-5,7-8,12H,2-3,6H2,1H3,(H,20,21,22). The minimum absolute atomic E-state index is 0.0263. The lowest BCUT2D eigenvalue weighted by atomic mass is 10.3. The third kappa shape index (κ3) is 3.29. The predicted octanol–water partition coefficient (Wildman–Crippen LogP) is 4.91. The zero-order valence-electron chi connectivity index (χ0n) is 13.4. The molecule has 3 heterocycles. The van der Waals surface area contributed by atoms with Crippen molar-refractivity contribution in [1.29, 1.82) is 0 Å². The van der Waals surface area contributed by atoms with E-state index >= 15 is 0 Å². The molecule has 1 aromatic carbocycles. The molecule has 1 N–H and O–H groups in total. The molecule has 1 fully saturated rings. The number of hydrogen-bond donors (Lipinski definition) is 1. The largest absolute Gasteiger partial charge is 0.358 e. The zero-order chi connectivity index (χ0) is 17.4. The number of fused-ring (bicyclic) bond motifs is 1. The quantitative estimate of drug-likeness (QED) is 0.500. The predicted molar refractivity (Wildman–Crippen MR) is 101 cm³/mol. The summed E-state index contributed by atoms with van der Waals surface area (Å²) in [6.45, 7) is 0.760. The minimum atomic E-state index is -0.0263. The van der Waals surface area contributed by atoms with Gasteiger partial charge < -0.3 is 10.1 Å². The molecule has 0 spiro atoms. The second-order valence-corrected chi connectivity index (χ2v) is 7.22. The highest BCUT2D eigenvalue weighted by molar-refractivity contribution is 7.98. The summed E-state index contributed by atoms with van der Waals surface area (Å²) in [6.07, 6.45) is 5.66. The molecule has 6 nitrogen and oxygen atoms in total. The third-order valence-electron chi connectivity index (χ3n) is 3.98. The van der Waals surface area contributed by atoms with Gasteiger partial charge in [-0.3, -0.25) is 4.57 Å². The van der Waals surface area contributed by atoms with Gasteiger partial charge in [-0.1, -0.05) is 35.0 Å². The number of aromatic nitrogens is 4. The number of nitrogens with zero attached hydrogens (tertiary/aromatic N) is 4. The van der Waals surface area contributed by atoms with Crippen molar-refractivity contribution in [3.8, 4) is 0 Å². The summed E-state index contributed by atoms with van der Waals surface area (Å²) >= 11 is 13.7. The van der Waals surface area contributed by atoms with E-state index in [1.807, 2.05) is 16.9 Å². The Balaban J connectivity index is 1.79. The lowest BCUT2D eigenvalue weighted by Gasteiger charge is -2.13. The van der Waals surface area contributed by atoms with Gasteiger partial charge in [0.25, 0.3) is 0 Å². The molecular weight excluding hydrogens is 381 g/mol. The summed E-state index contributed by atoms with van der Waals surface area (Å²) < 4.78 is 7.74. The molecule has 25 heavy (non-hydrogen) atoms. The molecule has 0 radical (unpaired) electrons. The maximum atomic E-state index is 6.27. The molecule has 1 aliphatic heterocycles. The monoisotopic (exact) mass is 395 g/mol. The fourth-order valence-electron chi connectivity index (χ4n) is 2.78. The van der Waals surface area contributed by atoms with E-state index in [2.05, 4.69) is 20.3 Å². The zero-order valence-corrected chi connectivity index (χ0v) is 15.7. The molecule has 1 unspecified atom stereocenters. The molecule has 3 aromatic rings. The van der Waals surface area contributed by atoms with Gasteiger partial charge in [0, 0.05) is 11.6 Å². The highest BCUT2D eigenvalue weighted by Gasteiger charge is 2.22. The highest BCUT2D eigenvalue weighted by Crippen LogP contribution is 2.33. The summed E-state index contributed by atoms with van der Waals surface area (Å²) in [7, 11) is 0. The van der Waals surface area contributed by atoms with Crippen LogP contribution in [0.4, 0.5) is 11.5 Å². The van der Waals surface area contributed by atoms with Gasteiger partial charge in [0.1, 0.15) is 6.23 Å². The molecule has 9 heteroatoms. The first-order valence-corrected chi connectivity index (χ1v) is 9.76. The lowest BCUT2D eigenvalue weighted by Crippen LogP contribution is -2.07. The Bertz CT molecular complexity index is 926. The van der Waals surface area contributed by atoms with Gasteiger partial charge in [-0.15, -0.1) is 0 Å². The van der Waals surface area contributed by atoms with Gasteiger partial charge in [0.05, 0.1) is 17.0 Å². The van der Waals surface area contributed by atoms with Gasteiger partial charge in [-0.2, -0.15) is 0 Å². The average molecular weight is 396 g/mol. The van der Waals surface area contributed by atoms with Crippen LogP contribution in [-0.4, -0.2) is 32.4 Å². The number of thioether (sulfide) groups is 1. The van der Waals surface area contributed by atoms with Crippen LogP contribution in [0.2, 0.25) is 10.0 Å². The average Bonchev–Trinajstić information content (AvgIpc) is 3.26. The Kier molecular flexibility index (Phi) is 4.73. The summed E-state index contributed by atoms with van der Waals surface area (Å²) in [5.41, 5.74) is 2.14. The first-order valence-electron chi connectivity index (χ1n) is 7.78. The van der Waals surface area contributed by atoms with Gasteiger partial charge >= 0.3 is 0 Å². The van der Waals surface area contributed by atoms with Crippen molar-refractivity contribution in [3.05, 3.63) is 34.6 Å². The topological polar surface area (TPSA) is 64.9 Å². The number of nitrogens with one attached hydrogen (secondary N) is 1. The Morgan fingerprint density at radius 1 is 1.32 bits per heavy atom. The maximum absolute atomic E-state index is 6.27. The SMILES string of the molecule is CSc1nc(Nc2ccc(Cl)cc2Cl)c2ncn(C3CCCO3)c2n1. The maximum Gasteiger partial charge on any atom is 0.191 e. The molecule has 2 aromatic heterocycles. The van der Waals surface area contributed by atoms with Crippen molar-refractivity contribution in [2.75, 3.05) is 18.2 Å². The van der Waals surface area contributed by atoms with Crippen LogP contribution in [0.15, 0.2) is 29.7 Å². The fraction of sp³-hybridized carbons (Fsp3) is 0.312. The summed E-state index contributed by atoms with van der Waals surface area (Å²) in [5.74, 6) is 0.607. The van der Waals surface area contributed by atoms with Crippen LogP contribution in [0.1, 0.15) is 19.1 Å². The van der Waals surface area contributed by atoms with Crippen LogP contribution in [0, 0.1) is 0 Å². The van der Waals surface area contributed by atoms with E-state index in [1.54, 1.807) is 18.5 Å². The molecule has 1 atom stereocenters. The van der Waals surface area contributed by atoms with E-state index in [0.29, 0.717) is 32.2 Å². The van der Waals surface area contributed by atoms with Gasteiger partial charge in [-0.05, 0) is 37.3 Å². The summed E-state index contributed by atoms with van der Waals surface area (Å²) in [5, 5.41) is 5.00. The second kappa shape index (κ2) is 6.99. The molecule has 1 saturated heterocycles. The molecule has 0 amide bonds. The molecule has 1 aliphatic rings. The fourth-order valence-corrected chi connectivity index (χ4v) is 3.60. The van der Waals surface area contributed by atoms with E-state index in [1.165, 1.54) is 11.8 Å². The Morgan fingerprint density at radius 3 is 2.92 bits per heavy atom. The molecule has 0 bridgehead atoms. The van der Waals surface area contributed by atoms with Crippen molar-refractivity contribution in [2.24, 2.45) is 0 Å². The lowest BCUT2D eigenvalue weighted by molar-refractivity contribution is 0.0592.